The SMILES string of the molecule is Cc1oc(C)c(-c2nc(-c3cccc(O)c3)no2)c1C. The zero-order chi connectivity index (χ0) is 14.3. The van der Waals surface area contributed by atoms with Crippen molar-refractivity contribution in [2.45, 2.75) is 20.8 Å². The normalized spacial score (nSPS) is 10.9. The number of hydrogen-bond acceptors (Lipinski definition) is 5. The van der Waals surface area contributed by atoms with Crippen molar-refractivity contribution in [2.24, 2.45) is 0 Å². The van der Waals surface area contributed by atoms with Gasteiger partial charge in [-0.05, 0) is 32.9 Å². The van der Waals surface area contributed by atoms with Gasteiger partial charge < -0.3 is 14.0 Å². The van der Waals surface area contributed by atoms with Gasteiger partial charge in [0.25, 0.3) is 5.89 Å². The third-order valence-corrected chi connectivity index (χ3v) is 3.31. The molecule has 0 aliphatic heterocycles. The van der Waals surface area contributed by atoms with Crippen LogP contribution >= 0.6 is 0 Å². The summed E-state index contributed by atoms with van der Waals surface area (Å²) in [5, 5.41) is 13.4. The number of aromatic nitrogens is 2. The fourth-order valence-electron chi connectivity index (χ4n) is 2.20. The zero-order valence-electron chi connectivity index (χ0n) is 11.5. The van der Waals surface area contributed by atoms with Crippen LogP contribution in [0, 0.1) is 20.8 Å². The van der Waals surface area contributed by atoms with Gasteiger partial charge in [-0.2, -0.15) is 4.98 Å². The number of aromatic hydroxyl groups is 1. The lowest BCUT2D eigenvalue weighted by molar-refractivity contribution is 0.430. The van der Waals surface area contributed by atoms with Gasteiger partial charge in [0.1, 0.15) is 17.3 Å². The van der Waals surface area contributed by atoms with Crippen LogP contribution in [0.3, 0.4) is 0 Å². The molecule has 0 aliphatic rings. The van der Waals surface area contributed by atoms with E-state index in [2.05, 4.69) is 10.1 Å². The van der Waals surface area contributed by atoms with E-state index < -0.39 is 0 Å². The molecule has 0 spiro atoms. The molecule has 0 radical (unpaired) electrons. The lowest BCUT2D eigenvalue weighted by Gasteiger charge is -1.95. The van der Waals surface area contributed by atoms with Crippen LogP contribution < -0.4 is 0 Å². The predicted octanol–water partition coefficient (Wildman–Crippen LogP) is 3.63. The van der Waals surface area contributed by atoms with Crippen molar-refractivity contribution in [3.05, 3.63) is 41.3 Å². The zero-order valence-corrected chi connectivity index (χ0v) is 11.5. The van der Waals surface area contributed by atoms with Gasteiger partial charge in [-0.3, -0.25) is 0 Å². The van der Waals surface area contributed by atoms with Crippen molar-refractivity contribution in [3.8, 4) is 28.6 Å². The Morgan fingerprint density at radius 1 is 1.10 bits per heavy atom. The summed E-state index contributed by atoms with van der Waals surface area (Å²) in [6.07, 6.45) is 0. The van der Waals surface area contributed by atoms with Gasteiger partial charge in [-0.15, -0.1) is 0 Å². The number of phenolic OH excluding ortho intramolecular Hbond substituents is 1. The third-order valence-electron chi connectivity index (χ3n) is 3.31. The minimum Gasteiger partial charge on any atom is -0.508 e. The Labute approximate surface area is 115 Å². The Morgan fingerprint density at radius 3 is 2.55 bits per heavy atom. The van der Waals surface area contributed by atoms with Crippen molar-refractivity contribution in [1.29, 1.82) is 0 Å². The summed E-state index contributed by atoms with van der Waals surface area (Å²) >= 11 is 0. The van der Waals surface area contributed by atoms with Crippen molar-refractivity contribution in [3.63, 3.8) is 0 Å². The second kappa shape index (κ2) is 4.52. The molecule has 0 unspecified atom stereocenters. The Morgan fingerprint density at radius 2 is 1.90 bits per heavy atom. The molecule has 0 aliphatic carbocycles. The molecule has 1 aromatic carbocycles. The fraction of sp³-hybridized carbons (Fsp3) is 0.200. The van der Waals surface area contributed by atoms with Gasteiger partial charge >= 0.3 is 0 Å². The van der Waals surface area contributed by atoms with Crippen molar-refractivity contribution < 1.29 is 14.0 Å². The first kappa shape index (κ1) is 12.5. The van der Waals surface area contributed by atoms with E-state index in [1.54, 1.807) is 18.2 Å². The van der Waals surface area contributed by atoms with Crippen molar-refractivity contribution >= 4 is 0 Å². The summed E-state index contributed by atoms with van der Waals surface area (Å²) in [6, 6.07) is 6.74. The molecule has 5 nitrogen and oxygen atoms in total. The van der Waals surface area contributed by atoms with Gasteiger partial charge in [0, 0.05) is 11.1 Å². The van der Waals surface area contributed by atoms with Crippen LogP contribution in [-0.2, 0) is 0 Å². The number of rotatable bonds is 2. The third kappa shape index (κ3) is 1.97. The largest absolute Gasteiger partial charge is 0.508 e. The van der Waals surface area contributed by atoms with E-state index in [4.69, 9.17) is 8.94 Å². The Kier molecular flexibility index (Phi) is 2.82. The minimum absolute atomic E-state index is 0.167. The average molecular weight is 270 g/mol. The minimum atomic E-state index is 0.167. The smallest absolute Gasteiger partial charge is 0.262 e. The van der Waals surface area contributed by atoms with E-state index in [1.165, 1.54) is 0 Å². The molecule has 2 aromatic heterocycles. The van der Waals surface area contributed by atoms with Crippen LogP contribution in [0.25, 0.3) is 22.8 Å². The van der Waals surface area contributed by atoms with E-state index in [0.29, 0.717) is 17.3 Å². The predicted molar refractivity (Wildman–Crippen MR) is 73.3 cm³/mol. The molecule has 5 heteroatoms. The second-order valence-electron chi connectivity index (χ2n) is 4.69. The number of hydrogen-bond donors (Lipinski definition) is 1. The van der Waals surface area contributed by atoms with E-state index >= 15 is 0 Å². The molecule has 0 amide bonds. The van der Waals surface area contributed by atoms with Crippen molar-refractivity contribution in [2.75, 3.05) is 0 Å². The van der Waals surface area contributed by atoms with Crippen LogP contribution in [0.15, 0.2) is 33.2 Å². The topological polar surface area (TPSA) is 72.3 Å². The fourth-order valence-corrected chi connectivity index (χ4v) is 2.20. The molecule has 3 rings (SSSR count). The summed E-state index contributed by atoms with van der Waals surface area (Å²) in [4.78, 5) is 4.38. The lowest BCUT2D eigenvalue weighted by atomic mass is 10.1. The molecule has 3 aromatic rings. The number of aryl methyl sites for hydroxylation is 2. The maximum absolute atomic E-state index is 9.49. The highest BCUT2D eigenvalue weighted by Gasteiger charge is 2.19. The monoisotopic (exact) mass is 270 g/mol. The Bertz CT molecular complexity index is 771. The maximum Gasteiger partial charge on any atom is 0.262 e. The molecular formula is C15H14N2O3. The highest BCUT2D eigenvalue weighted by Crippen LogP contribution is 2.31. The van der Waals surface area contributed by atoms with E-state index in [1.807, 2.05) is 26.8 Å². The first-order chi connectivity index (χ1) is 9.56. The van der Waals surface area contributed by atoms with E-state index in [0.717, 1.165) is 22.6 Å². The molecular weight excluding hydrogens is 256 g/mol. The summed E-state index contributed by atoms with van der Waals surface area (Å²) in [7, 11) is 0. The van der Waals surface area contributed by atoms with Crippen LogP contribution in [-0.4, -0.2) is 15.2 Å². The number of furan rings is 1. The average Bonchev–Trinajstić information content (AvgIpc) is 2.96. The first-order valence-electron chi connectivity index (χ1n) is 6.26. The van der Waals surface area contributed by atoms with Gasteiger partial charge in [-0.25, -0.2) is 0 Å². The molecule has 0 atom stereocenters. The molecule has 20 heavy (non-hydrogen) atoms. The summed E-state index contributed by atoms with van der Waals surface area (Å²) in [5.41, 5.74) is 2.53. The summed E-state index contributed by atoms with van der Waals surface area (Å²) in [5.74, 6) is 2.63. The lowest BCUT2D eigenvalue weighted by Crippen LogP contribution is -1.83. The van der Waals surface area contributed by atoms with Gasteiger partial charge in [0.15, 0.2) is 0 Å². The molecule has 0 saturated carbocycles. The highest BCUT2D eigenvalue weighted by atomic mass is 16.5. The Hall–Kier alpha value is -2.56. The molecule has 0 bridgehead atoms. The van der Waals surface area contributed by atoms with E-state index in [9.17, 15) is 5.11 Å². The van der Waals surface area contributed by atoms with Crippen LogP contribution in [0.2, 0.25) is 0 Å². The van der Waals surface area contributed by atoms with Crippen LogP contribution in [0.1, 0.15) is 17.1 Å². The molecule has 1 N–H and O–H groups in total. The number of benzene rings is 1. The second-order valence-corrected chi connectivity index (χ2v) is 4.69. The maximum atomic E-state index is 9.49. The van der Waals surface area contributed by atoms with E-state index in [-0.39, 0.29) is 5.75 Å². The van der Waals surface area contributed by atoms with Crippen LogP contribution in [0.5, 0.6) is 5.75 Å². The molecule has 2 heterocycles. The Balaban J connectivity index is 2.06. The standard InChI is InChI=1S/C15H14N2O3/c1-8-9(2)19-10(3)13(8)15-16-14(17-20-15)11-5-4-6-12(18)7-11/h4-7,18H,1-3H3. The number of nitrogens with zero attached hydrogens (tertiary/aromatic N) is 2. The molecule has 0 saturated heterocycles. The van der Waals surface area contributed by atoms with Gasteiger partial charge in [-0.1, -0.05) is 17.3 Å². The van der Waals surface area contributed by atoms with Crippen LogP contribution in [0.4, 0.5) is 0 Å². The molecule has 0 fully saturated rings. The summed E-state index contributed by atoms with van der Waals surface area (Å²) < 4.78 is 10.9. The van der Waals surface area contributed by atoms with Gasteiger partial charge in [0.2, 0.25) is 5.82 Å². The first-order valence-corrected chi connectivity index (χ1v) is 6.26. The quantitative estimate of drug-likeness (QED) is 0.769. The molecule has 102 valence electrons. The number of phenols is 1. The summed E-state index contributed by atoms with van der Waals surface area (Å²) in [6.45, 7) is 5.73. The van der Waals surface area contributed by atoms with Crippen molar-refractivity contribution in [1.82, 2.24) is 10.1 Å². The highest BCUT2D eigenvalue weighted by molar-refractivity contribution is 5.65. The van der Waals surface area contributed by atoms with Gasteiger partial charge in [0.05, 0.1) is 5.56 Å².